The number of nitrogens with zero attached hydrogens (tertiary/aromatic N) is 2. The Labute approximate surface area is 290 Å². The van der Waals surface area contributed by atoms with E-state index in [-0.39, 0.29) is 4.90 Å². The lowest BCUT2D eigenvalue weighted by molar-refractivity contribution is -0.439. The topological polar surface area (TPSA) is 81.9 Å². The van der Waals surface area contributed by atoms with E-state index in [0.29, 0.717) is 11.1 Å². The summed E-state index contributed by atoms with van der Waals surface area (Å²) in [5, 5.41) is 0. The van der Waals surface area contributed by atoms with E-state index in [0.717, 1.165) is 84.2 Å². The second kappa shape index (κ2) is 16.5. The first-order valence-corrected chi connectivity index (χ1v) is 18.1. The van der Waals surface area contributed by atoms with Gasteiger partial charge in [-0.3, -0.25) is 0 Å². The summed E-state index contributed by atoms with van der Waals surface area (Å²) in [7, 11) is -1.44. The Morgan fingerprint density at radius 2 is 1.27 bits per heavy atom. The Balaban J connectivity index is 1.61. The monoisotopic (exact) mass is 676 g/mol. The molecule has 0 amide bonds. The van der Waals surface area contributed by atoms with Gasteiger partial charge in [0.25, 0.3) is 0 Å². The molecule has 1 aliphatic carbocycles. The van der Waals surface area contributed by atoms with E-state index in [1.807, 2.05) is 97.1 Å². The number of benzene rings is 4. The highest BCUT2D eigenvalue weighted by molar-refractivity contribution is 7.85. The van der Waals surface area contributed by atoms with Crippen molar-refractivity contribution in [3.8, 4) is 11.5 Å². The average Bonchev–Trinajstić information content (AvgIpc) is 3.13. The van der Waals surface area contributed by atoms with Crippen LogP contribution in [0.4, 0.5) is 17.1 Å². The summed E-state index contributed by atoms with van der Waals surface area (Å²) >= 11 is 0. The van der Waals surface area contributed by atoms with E-state index in [9.17, 15) is 13.0 Å². The molecule has 0 N–H and O–H groups in total. The molecule has 8 heteroatoms. The van der Waals surface area contributed by atoms with Gasteiger partial charge in [0.2, 0.25) is 11.4 Å². The van der Waals surface area contributed by atoms with Gasteiger partial charge in [0, 0.05) is 54.2 Å². The summed E-state index contributed by atoms with van der Waals surface area (Å²) in [5.41, 5.74) is 6.76. The van der Waals surface area contributed by atoms with Gasteiger partial charge in [0.05, 0.1) is 19.1 Å². The Hall–Kier alpha value is -4.92. The molecule has 0 spiro atoms. The normalized spacial score (nSPS) is 12.6. The van der Waals surface area contributed by atoms with Crippen LogP contribution in [0.5, 0.6) is 11.5 Å². The molecule has 7 nitrogen and oxygen atoms in total. The molecule has 0 heterocycles. The number of unbranched alkanes of at least 4 members (excludes halogenated alkanes) is 2. The molecule has 0 fully saturated rings. The molecule has 0 bridgehead atoms. The minimum Gasteiger partial charge on any atom is -0.744 e. The van der Waals surface area contributed by atoms with Crippen molar-refractivity contribution in [2.24, 2.45) is 0 Å². The zero-order valence-corrected chi connectivity index (χ0v) is 29.5. The Kier molecular flexibility index (Phi) is 11.9. The first-order valence-electron chi connectivity index (χ1n) is 16.7. The van der Waals surface area contributed by atoms with Crippen molar-refractivity contribution in [2.45, 2.75) is 44.4 Å². The standard InChI is InChI=1S/C41H44N2O5S/c1-5-7-29-42(35-21-25-37(47-3)26-22-35)33-17-13-31(14-18-33)41(39-11-9-10-12-40(39)49(44,45)46)32-15-19-34(20-16-32)43(30-8-6-2)36-23-27-38(48-4)28-24-36/h9-28H,5-8,29-30H2,1-4H3. The van der Waals surface area contributed by atoms with Gasteiger partial charge in [-0.25, -0.2) is 8.42 Å². The lowest BCUT2D eigenvalue weighted by Crippen LogP contribution is -2.18. The highest BCUT2D eigenvalue weighted by Gasteiger charge is 2.21. The molecule has 0 saturated carbocycles. The Morgan fingerprint density at radius 1 is 0.714 bits per heavy atom. The Morgan fingerprint density at radius 3 is 1.82 bits per heavy atom. The number of methoxy groups -OCH3 is 2. The zero-order valence-electron chi connectivity index (χ0n) is 28.6. The van der Waals surface area contributed by atoms with E-state index in [1.54, 1.807) is 32.4 Å². The van der Waals surface area contributed by atoms with Crippen LogP contribution in [0.25, 0.3) is 5.57 Å². The molecule has 1 aliphatic rings. The molecule has 0 aromatic heterocycles. The minimum absolute atomic E-state index is 0.247. The van der Waals surface area contributed by atoms with Crippen LogP contribution in [0.15, 0.2) is 132 Å². The van der Waals surface area contributed by atoms with Gasteiger partial charge >= 0.3 is 0 Å². The predicted molar refractivity (Wildman–Crippen MR) is 198 cm³/mol. The van der Waals surface area contributed by atoms with Crippen molar-refractivity contribution in [2.75, 3.05) is 32.2 Å². The van der Waals surface area contributed by atoms with E-state index in [2.05, 4.69) is 23.3 Å². The average molecular weight is 677 g/mol. The zero-order chi connectivity index (χ0) is 34.8. The molecule has 49 heavy (non-hydrogen) atoms. The number of ether oxygens (including phenoxy) is 2. The third-order valence-electron chi connectivity index (χ3n) is 8.60. The van der Waals surface area contributed by atoms with Crippen LogP contribution in [-0.4, -0.2) is 50.6 Å². The molecule has 0 aliphatic heterocycles. The van der Waals surface area contributed by atoms with Crippen molar-refractivity contribution >= 4 is 38.5 Å². The van der Waals surface area contributed by atoms with Crippen LogP contribution in [0.1, 0.15) is 50.7 Å². The van der Waals surface area contributed by atoms with Crippen molar-refractivity contribution in [3.05, 3.63) is 138 Å². The van der Waals surface area contributed by atoms with E-state index in [4.69, 9.17) is 9.47 Å². The van der Waals surface area contributed by atoms with Crippen LogP contribution in [0, 0.1) is 0 Å². The van der Waals surface area contributed by atoms with Crippen LogP contribution >= 0.6 is 0 Å². The SMILES string of the molecule is CCCCN(c1ccc(OC)cc1)c1ccc(C(=C2C=CC(=[N+](CCCC)c3ccc(OC)cc3)C=C2)c2ccccc2S(=O)(=O)[O-])cc1. The number of rotatable bonds is 14. The second-order valence-electron chi connectivity index (χ2n) is 11.8. The second-order valence-corrected chi connectivity index (χ2v) is 13.2. The summed E-state index contributed by atoms with van der Waals surface area (Å²) in [6.45, 7) is 6.01. The van der Waals surface area contributed by atoms with Crippen molar-refractivity contribution in [1.82, 2.24) is 0 Å². The quantitative estimate of drug-likeness (QED) is 0.0979. The lowest BCUT2D eigenvalue weighted by Gasteiger charge is -2.26. The molecule has 0 saturated heterocycles. The van der Waals surface area contributed by atoms with Gasteiger partial charge in [0.15, 0.2) is 0 Å². The van der Waals surface area contributed by atoms with E-state index >= 15 is 0 Å². The van der Waals surface area contributed by atoms with Gasteiger partial charge in [0.1, 0.15) is 28.2 Å². The molecule has 0 atom stereocenters. The maximum Gasteiger partial charge on any atom is 0.205 e. The number of allylic oxidation sites excluding steroid dienone is 5. The minimum atomic E-state index is -4.75. The van der Waals surface area contributed by atoms with Crippen LogP contribution < -0.4 is 14.4 Å². The summed E-state index contributed by atoms with van der Waals surface area (Å²) in [5.74, 6) is 1.59. The fraction of sp³-hybridized carbons (Fsp3) is 0.244. The van der Waals surface area contributed by atoms with Crippen LogP contribution in [-0.2, 0) is 10.1 Å². The van der Waals surface area contributed by atoms with Gasteiger partial charge in [-0.05, 0) is 89.9 Å². The van der Waals surface area contributed by atoms with Gasteiger partial charge < -0.3 is 18.9 Å². The van der Waals surface area contributed by atoms with Gasteiger partial charge in [-0.15, -0.1) is 0 Å². The smallest absolute Gasteiger partial charge is 0.205 e. The third-order valence-corrected chi connectivity index (χ3v) is 9.49. The number of hydrogen-bond acceptors (Lipinski definition) is 6. The molecule has 0 radical (unpaired) electrons. The maximum atomic E-state index is 12.5. The summed E-state index contributed by atoms with van der Waals surface area (Å²) in [6.07, 6.45) is 12.2. The molecule has 0 unspecified atom stereocenters. The number of hydrogen-bond donors (Lipinski definition) is 0. The fourth-order valence-corrected chi connectivity index (χ4v) is 6.64. The summed E-state index contributed by atoms with van der Waals surface area (Å²) < 4.78 is 50.5. The highest BCUT2D eigenvalue weighted by atomic mass is 32.2. The lowest BCUT2D eigenvalue weighted by atomic mass is 9.90. The van der Waals surface area contributed by atoms with E-state index in [1.165, 1.54) is 6.07 Å². The molecular formula is C41H44N2O5S. The highest BCUT2D eigenvalue weighted by Crippen LogP contribution is 2.36. The van der Waals surface area contributed by atoms with E-state index < -0.39 is 10.1 Å². The van der Waals surface area contributed by atoms with Crippen LogP contribution in [0.2, 0.25) is 0 Å². The third kappa shape index (κ3) is 8.57. The first-order chi connectivity index (χ1) is 23.8. The fourth-order valence-electron chi connectivity index (χ4n) is 5.96. The van der Waals surface area contributed by atoms with Crippen molar-refractivity contribution < 1.29 is 27.0 Å². The maximum absolute atomic E-state index is 12.5. The van der Waals surface area contributed by atoms with Gasteiger partial charge in [-0.2, -0.15) is 4.58 Å². The molecule has 4 aromatic carbocycles. The predicted octanol–water partition coefficient (Wildman–Crippen LogP) is 9.06. The molecular weight excluding hydrogens is 633 g/mol. The summed E-state index contributed by atoms with van der Waals surface area (Å²) in [6, 6.07) is 30.5. The van der Waals surface area contributed by atoms with Crippen molar-refractivity contribution in [3.63, 3.8) is 0 Å². The first kappa shape index (κ1) is 35.4. The Bertz CT molecular complexity index is 1940. The number of anilines is 2. The largest absolute Gasteiger partial charge is 0.744 e. The molecule has 4 aromatic rings. The van der Waals surface area contributed by atoms with Crippen molar-refractivity contribution in [1.29, 1.82) is 0 Å². The molecule has 5 rings (SSSR count). The summed E-state index contributed by atoms with van der Waals surface area (Å²) in [4.78, 5) is 2.02. The molecule has 254 valence electrons. The van der Waals surface area contributed by atoms with Crippen LogP contribution in [0.3, 0.4) is 0 Å². The van der Waals surface area contributed by atoms with Gasteiger partial charge in [-0.1, -0.05) is 57.0 Å².